The average Bonchev–Trinajstić information content (AvgIpc) is 2.67. The second-order valence-corrected chi connectivity index (χ2v) is 19.0. The molecule has 0 aliphatic rings. The van der Waals surface area contributed by atoms with Crippen LogP contribution in [-0.4, -0.2) is 0 Å². The lowest BCUT2D eigenvalue weighted by molar-refractivity contribution is 0.472. The van der Waals surface area contributed by atoms with Gasteiger partial charge >= 0.3 is 0 Å². The van der Waals surface area contributed by atoms with E-state index in [1.54, 1.807) is 0 Å². The van der Waals surface area contributed by atoms with E-state index in [-0.39, 0.29) is 37.9 Å². The molecule has 0 heteroatoms. The fourth-order valence-corrected chi connectivity index (χ4v) is 6.38. The Morgan fingerprint density at radius 3 is 0.949 bits per heavy atom. The van der Waals surface area contributed by atoms with Crippen molar-refractivity contribution in [1.82, 2.24) is 0 Å². The molecule has 0 aliphatic heterocycles. The summed E-state index contributed by atoms with van der Waals surface area (Å²) in [6.07, 6.45) is 0. The molecule has 39 heavy (non-hydrogen) atoms. The van der Waals surface area contributed by atoms with E-state index in [4.69, 9.17) is 0 Å². The van der Waals surface area contributed by atoms with Gasteiger partial charge in [0, 0.05) is 5.41 Å². The van der Waals surface area contributed by atoms with Gasteiger partial charge in [0.15, 0.2) is 0 Å². The van der Waals surface area contributed by atoms with Gasteiger partial charge in [-0.1, -0.05) is 163 Å². The van der Waals surface area contributed by atoms with Crippen LogP contribution in [0.2, 0.25) is 0 Å². The fourth-order valence-electron chi connectivity index (χ4n) is 6.38. The van der Waals surface area contributed by atoms with Gasteiger partial charge in [-0.25, -0.2) is 0 Å². The van der Waals surface area contributed by atoms with Crippen LogP contribution in [0.3, 0.4) is 0 Å². The van der Waals surface area contributed by atoms with E-state index in [1.165, 1.54) is 44.5 Å². The van der Waals surface area contributed by atoms with E-state index >= 15 is 0 Å². The largest absolute Gasteiger partial charge is 0.0579 e. The lowest BCUT2D eigenvalue weighted by Gasteiger charge is -2.45. The monoisotopic (exact) mass is 533 g/mol. The molecule has 0 bridgehead atoms. The minimum Gasteiger partial charge on any atom is -0.0579 e. The molecule has 2 rings (SSSR count). The summed E-state index contributed by atoms with van der Waals surface area (Å²) in [5, 5.41) is 0. The summed E-state index contributed by atoms with van der Waals surface area (Å²) >= 11 is 0. The number of rotatable bonds is 2. The lowest BCUT2D eigenvalue weighted by atomic mass is 9.59. The molecule has 2 aromatic rings. The van der Waals surface area contributed by atoms with Gasteiger partial charge < -0.3 is 0 Å². The number of hydrogen-bond acceptors (Lipinski definition) is 0. The highest BCUT2D eigenvalue weighted by atomic mass is 14.5. The predicted octanol–water partition coefficient (Wildman–Crippen LogP) is 11.8. The maximum Gasteiger partial charge on any atom is 0.0155 e. The molecule has 0 N–H and O–H groups in total. The van der Waals surface area contributed by atoms with E-state index in [1.807, 2.05) is 0 Å². The van der Waals surface area contributed by atoms with Crippen molar-refractivity contribution in [3.8, 4) is 0 Å². The topological polar surface area (TPSA) is 0 Å². The number of hydrogen-bond donors (Lipinski definition) is 0. The third-order valence-electron chi connectivity index (χ3n) is 8.43. The minimum atomic E-state index is -0.198. The molecule has 220 valence electrons. The molecule has 0 radical (unpaired) electrons. The average molecular weight is 533 g/mol. The highest BCUT2D eigenvalue weighted by molar-refractivity contribution is 5.60. The maximum atomic E-state index is 2.58. The van der Waals surface area contributed by atoms with E-state index in [9.17, 15) is 0 Å². The first-order valence-electron chi connectivity index (χ1n) is 15.3. The van der Waals surface area contributed by atoms with Crippen LogP contribution >= 0.6 is 0 Å². The number of benzene rings is 2. The molecule has 0 amide bonds. The van der Waals surface area contributed by atoms with Crippen LogP contribution in [-0.2, 0) is 37.9 Å². The van der Waals surface area contributed by atoms with Crippen molar-refractivity contribution in [1.29, 1.82) is 0 Å². The van der Waals surface area contributed by atoms with Gasteiger partial charge in [0.25, 0.3) is 0 Å². The smallest absolute Gasteiger partial charge is 0.0155 e. The Morgan fingerprint density at radius 1 is 0.308 bits per heavy atom. The zero-order valence-electron chi connectivity index (χ0n) is 29.8. The molecule has 0 fully saturated rings. The summed E-state index contributed by atoms with van der Waals surface area (Å²) in [4.78, 5) is 0. The van der Waals surface area contributed by atoms with Gasteiger partial charge in [0.1, 0.15) is 0 Å². The van der Waals surface area contributed by atoms with Gasteiger partial charge in [0.05, 0.1) is 0 Å². The molecule has 0 saturated carbocycles. The third kappa shape index (κ3) is 6.85. The van der Waals surface area contributed by atoms with Gasteiger partial charge in [0.2, 0.25) is 0 Å². The van der Waals surface area contributed by atoms with Gasteiger partial charge in [-0.15, -0.1) is 0 Å². The Bertz CT molecular complexity index is 1190. The van der Waals surface area contributed by atoms with Crippen molar-refractivity contribution in [2.24, 2.45) is 0 Å². The van der Waals surface area contributed by atoms with E-state index < -0.39 is 0 Å². The molecular formula is C39H64. The van der Waals surface area contributed by atoms with Crippen molar-refractivity contribution < 1.29 is 0 Å². The first-order valence-corrected chi connectivity index (χ1v) is 15.3. The summed E-state index contributed by atoms with van der Waals surface area (Å²) in [5.74, 6) is 0. The van der Waals surface area contributed by atoms with Crippen LogP contribution in [0, 0.1) is 0 Å². The maximum absolute atomic E-state index is 2.58. The minimum absolute atomic E-state index is 0.00681. The lowest BCUT2D eigenvalue weighted by Crippen LogP contribution is -2.36. The standard InChI is InChI=1S/C39H64/c1-33(2,3)25-23-28(36(10,11)12)30(37(13,14)15)29(24-25)39(19,20)32-27(35(7,8)9)22-21-26(34(4,5)6)31(32)38(16,17)18/h21-24H,1-20H3. The second kappa shape index (κ2) is 9.77. The molecule has 0 unspecified atom stereocenters. The van der Waals surface area contributed by atoms with Crippen LogP contribution in [0.25, 0.3) is 0 Å². The summed E-state index contributed by atoms with van der Waals surface area (Å²) in [7, 11) is 0. The molecule has 0 aliphatic carbocycles. The Morgan fingerprint density at radius 2 is 0.641 bits per heavy atom. The molecule has 0 saturated heterocycles. The summed E-state index contributed by atoms with van der Waals surface area (Å²) < 4.78 is 0. The van der Waals surface area contributed by atoms with Crippen LogP contribution in [0.1, 0.15) is 183 Å². The van der Waals surface area contributed by atoms with E-state index in [0.717, 1.165) is 0 Å². The molecule has 0 atom stereocenters. The van der Waals surface area contributed by atoms with Crippen LogP contribution < -0.4 is 0 Å². The Balaban J connectivity index is 3.39. The van der Waals surface area contributed by atoms with Gasteiger partial charge in [-0.05, 0) is 77.0 Å². The van der Waals surface area contributed by atoms with Crippen molar-refractivity contribution >= 4 is 0 Å². The normalized spacial score (nSPS) is 14.7. The highest BCUT2D eigenvalue weighted by Gasteiger charge is 2.42. The molecule has 0 aromatic heterocycles. The Kier molecular flexibility index (Phi) is 8.43. The predicted molar refractivity (Wildman–Crippen MR) is 177 cm³/mol. The van der Waals surface area contributed by atoms with Gasteiger partial charge in [-0.3, -0.25) is 0 Å². The van der Waals surface area contributed by atoms with E-state index in [2.05, 4.69) is 163 Å². The third-order valence-corrected chi connectivity index (χ3v) is 8.43. The van der Waals surface area contributed by atoms with Crippen molar-refractivity contribution in [2.75, 3.05) is 0 Å². The van der Waals surface area contributed by atoms with E-state index in [0.29, 0.717) is 0 Å². The SMILES string of the molecule is CC(C)(C)c1cc(C(C)(C)C)c(C(C)(C)C)c(C(C)(C)c2c(C(C)(C)C)ccc(C(C)(C)C)c2C(C)(C)C)c1. The first-order chi connectivity index (χ1) is 16.9. The van der Waals surface area contributed by atoms with Gasteiger partial charge in [-0.2, -0.15) is 0 Å². The molecule has 0 nitrogen and oxygen atoms in total. The molecule has 0 heterocycles. The second-order valence-electron chi connectivity index (χ2n) is 19.0. The zero-order valence-corrected chi connectivity index (χ0v) is 29.8. The fraction of sp³-hybridized carbons (Fsp3) is 0.692. The zero-order chi connectivity index (χ0) is 30.9. The molecular weight excluding hydrogens is 468 g/mol. The van der Waals surface area contributed by atoms with Crippen molar-refractivity contribution in [3.05, 3.63) is 68.8 Å². The van der Waals surface area contributed by atoms with Crippen LogP contribution in [0.15, 0.2) is 24.3 Å². The summed E-state index contributed by atoms with van der Waals surface area (Å²) in [6, 6.07) is 10.0. The van der Waals surface area contributed by atoms with Crippen LogP contribution in [0.5, 0.6) is 0 Å². The quantitative estimate of drug-likeness (QED) is 0.361. The first kappa shape index (κ1) is 33.6. The Labute approximate surface area is 244 Å². The van der Waals surface area contributed by atoms with Crippen LogP contribution in [0.4, 0.5) is 0 Å². The molecule has 2 aromatic carbocycles. The van der Waals surface area contributed by atoms with Crippen molar-refractivity contribution in [2.45, 2.75) is 176 Å². The Hall–Kier alpha value is -1.56. The summed E-state index contributed by atoms with van der Waals surface area (Å²) in [6.45, 7) is 48.1. The summed E-state index contributed by atoms with van der Waals surface area (Å²) in [5.41, 5.74) is 12.0. The highest BCUT2D eigenvalue weighted by Crippen LogP contribution is 2.51. The van der Waals surface area contributed by atoms with Crippen molar-refractivity contribution in [3.63, 3.8) is 0 Å². The molecule has 0 spiro atoms.